The number of halogens is 2. The van der Waals surface area contributed by atoms with Gasteiger partial charge in [-0.05, 0) is 38.2 Å². The van der Waals surface area contributed by atoms with Crippen LogP contribution in [0.4, 0.5) is 0 Å². The molecular formula is C16H21Cl2N3S. The van der Waals surface area contributed by atoms with E-state index in [-0.39, 0.29) is 0 Å². The maximum atomic E-state index is 6.11. The van der Waals surface area contributed by atoms with Crippen LogP contribution in [-0.4, -0.2) is 28.5 Å². The molecule has 120 valence electrons. The van der Waals surface area contributed by atoms with Crippen LogP contribution in [0.3, 0.4) is 0 Å². The highest BCUT2D eigenvalue weighted by atomic mass is 35.5. The van der Waals surface area contributed by atoms with Gasteiger partial charge in [0.2, 0.25) is 0 Å². The van der Waals surface area contributed by atoms with Crippen molar-refractivity contribution < 1.29 is 0 Å². The lowest BCUT2D eigenvalue weighted by Crippen LogP contribution is -2.14. The first-order valence-corrected chi connectivity index (χ1v) is 8.69. The highest BCUT2D eigenvalue weighted by molar-refractivity contribution is 7.99. The predicted octanol–water partition coefficient (Wildman–Crippen LogP) is 5.06. The Morgan fingerprint density at radius 3 is 2.27 bits per heavy atom. The Kier molecular flexibility index (Phi) is 5.83. The first kappa shape index (κ1) is 17.7. The van der Waals surface area contributed by atoms with Crippen molar-refractivity contribution in [3.63, 3.8) is 0 Å². The maximum Gasteiger partial charge on any atom is 0.123 e. The standard InChI is InChI=1S/C16H21Cl2N3S/c1-10(2)15-16(21(5)14(19-15)9-20(3)4)22-13-7-11(17)6-12(18)8-13/h6-8,10H,9H2,1-5H3. The molecule has 1 heterocycles. The van der Waals surface area contributed by atoms with Gasteiger partial charge in [-0.25, -0.2) is 4.98 Å². The summed E-state index contributed by atoms with van der Waals surface area (Å²) in [6.45, 7) is 5.14. The van der Waals surface area contributed by atoms with E-state index in [4.69, 9.17) is 28.2 Å². The third-order valence-corrected chi connectivity index (χ3v) is 4.80. The number of benzene rings is 1. The van der Waals surface area contributed by atoms with Gasteiger partial charge in [0.25, 0.3) is 0 Å². The van der Waals surface area contributed by atoms with E-state index < -0.39 is 0 Å². The van der Waals surface area contributed by atoms with E-state index in [9.17, 15) is 0 Å². The number of imidazole rings is 1. The van der Waals surface area contributed by atoms with Crippen molar-refractivity contribution in [3.8, 4) is 0 Å². The van der Waals surface area contributed by atoms with Gasteiger partial charge in [0.15, 0.2) is 0 Å². The molecule has 0 bridgehead atoms. The molecule has 0 spiro atoms. The van der Waals surface area contributed by atoms with Crippen LogP contribution >= 0.6 is 35.0 Å². The summed E-state index contributed by atoms with van der Waals surface area (Å²) in [7, 11) is 6.16. The smallest absolute Gasteiger partial charge is 0.123 e. The third-order valence-electron chi connectivity index (χ3n) is 3.22. The molecule has 22 heavy (non-hydrogen) atoms. The first-order valence-electron chi connectivity index (χ1n) is 7.12. The number of hydrogen-bond acceptors (Lipinski definition) is 3. The van der Waals surface area contributed by atoms with Gasteiger partial charge in [0.1, 0.15) is 10.9 Å². The Bertz CT molecular complexity index is 645. The van der Waals surface area contributed by atoms with E-state index >= 15 is 0 Å². The van der Waals surface area contributed by atoms with E-state index in [1.165, 1.54) is 0 Å². The number of hydrogen-bond donors (Lipinski definition) is 0. The van der Waals surface area contributed by atoms with Gasteiger partial charge in [-0.3, -0.25) is 0 Å². The summed E-state index contributed by atoms with van der Waals surface area (Å²) in [5.41, 5.74) is 1.11. The number of nitrogens with zero attached hydrogens (tertiary/aromatic N) is 3. The predicted molar refractivity (Wildman–Crippen MR) is 95.3 cm³/mol. The van der Waals surface area contributed by atoms with E-state index in [0.717, 1.165) is 28.0 Å². The van der Waals surface area contributed by atoms with Crippen LogP contribution in [0.1, 0.15) is 31.3 Å². The molecule has 0 amide bonds. The SMILES string of the molecule is CC(C)c1nc(CN(C)C)n(C)c1Sc1cc(Cl)cc(Cl)c1. The summed E-state index contributed by atoms with van der Waals surface area (Å²) in [6, 6.07) is 5.61. The lowest BCUT2D eigenvalue weighted by molar-refractivity contribution is 0.383. The van der Waals surface area contributed by atoms with Gasteiger partial charge in [0.05, 0.1) is 12.2 Å². The highest BCUT2D eigenvalue weighted by Crippen LogP contribution is 2.36. The van der Waals surface area contributed by atoms with Crippen molar-refractivity contribution in [2.45, 2.75) is 36.2 Å². The highest BCUT2D eigenvalue weighted by Gasteiger charge is 2.19. The van der Waals surface area contributed by atoms with Crippen molar-refractivity contribution in [3.05, 3.63) is 39.8 Å². The number of aromatic nitrogens is 2. The molecule has 2 rings (SSSR count). The largest absolute Gasteiger partial charge is 0.325 e. The fraction of sp³-hybridized carbons (Fsp3) is 0.438. The van der Waals surface area contributed by atoms with Crippen LogP contribution in [0.25, 0.3) is 0 Å². The summed E-state index contributed by atoms with van der Waals surface area (Å²) in [5, 5.41) is 2.44. The molecule has 2 aromatic rings. The summed E-state index contributed by atoms with van der Waals surface area (Å²) in [6.07, 6.45) is 0. The zero-order chi connectivity index (χ0) is 16.4. The summed E-state index contributed by atoms with van der Waals surface area (Å²) in [5.74, 6) is 1.42. The minimum absolute atomic E-state index is 0.360. The summed E-state index contributed by atoms with van der Waals surface area (Å²) >= 11 is 13.9. The third kappa shape index (κ3) is 4.19. The summed E-state index contributed by atoms with van der Waals surface area (Å²) in [4.78, 5) is 7.97. The fourth-order valence-corrected chi connectivity index (χ4v) is 4.05. The molecule has 0 aliphatic heterocycles. The molecule has 0 fully saturated rings. The average Bonchev–Trinajstić information content (AvgIpc) is 2.66. The minimum Gasteiger partial charge on any atom is -0.325 e. The van der Waals surface area contributed by atoms with E-state index in [0.29, 0.717) is 16.0 Å². The quantitative estimate of drug-likeness (QED) is 0.745. The molecule has 1 aromatic heterocycles. The van der Waals surface area contributed by atoms with Crippen molar-refractivity contribution in [2.75, 3.05) is 14.1 Å². The maximum absolute atomic E-state index is 6.11. The Balaban J connectivity index is 2.42. The second kappa shape index (κ2) is 7.26. The van der Waals surface area contributed by atoms with E-state index in [2.05, 4.69) is 30.4 Å². The molecule has 0 radical (unpaired) electrons. The molecule has 0 atom stereocenters. The van der Waals surface area contributed by atoms with Crippen LogP contribution in [0.15, 0.2) is 28.1 Å². The fourth-order valence-electron chi connectivity index (χ4n) is 2.17. The van der Waals surface area contributed by atoms with Crippen LogP contribution < -0.4 is 0 Å². The molecule has 0 saturated heterocycles. The van der Waals surface area contributed by atoms with Gasteiger partial charge in [0, 0.05) is 22.0 Å². The molecule has 1 aromatic carbocycles. The van der Waals surface area contributed by atoms with Gasteiger partial charge >= 0.3 is 0 Å². The van der Waals surface area contributed by atoms with Crippen LogP contribution in [0, 0.1) is 0 Å². The second-order valence-electron chi connectivity index (χ2n) is 5.88. The molecule has 0 aliphatic rings. The van der Waals surface area contributed by atoms with Crippen LogP contribution in [0.2, 0.25) is 10.0 Å². The van der Waals surface area contributed by atoms with Crippen molar-refractivity contribution in [2.24, 2.45) is 7.05 Å². The normalized spacial score (nSPS) is 11.7. The van der Waals surface area contributed by atoms with Crippen molar-refractivity contribution >= 4 is 35.0 Å². The molecule has 0 unspecified atom stereocenters. The Morgan fingerprint density at radius 1 is 1.18 bits per heavy atom. The molecule has 0 aliphatic carbocycles. The summed E-state index contributed by atoms with van der Waals surface area (Å²) < 4.78 is 2.16. The van der Waals surface area contributed by atoms with E-state index in [1.807, 2.05) is 26.2 Å². The Hall–Kier alpha value is -0.680. The lowest BCUT2D eigenvalue weighted by atomic mass is 10.2. The topological polar surface area (TPSA) is 21.1 Å². The van der Waals surface area contributed by atoms with Crippen molar-refractivity contribution in [1.29, 1.82) is 0 Å². The van der Waals surface area contributed by atoms with E-state index in [1.54, 1.807) is 17.8 Å². The Morgan fingerprint density at radius 2 is 1.77 bits per heavy atom. The van der Waals surface area contributed by atoms with Gasteiger partial charge in [-0.1, -0.05) is 48.8 Å². The second-order valence-corrected chi connectivity index (χ2v) is 7.81. The monoisotopic (exact) mass is 357 g/mol. The zero-order valence-electron chi connectivity index (χ0n) is 13.5. The van der Waals surface area contributed by atoms with Gasteiger partial charge < -0.3 is 9.47 Å². The van der Waals surface area contributed by atoms with Crippen LogP contribution in [0.5, 0.6) is 0 Å². The zero-order valence-corrected chi connectivity index (χ0v) is 15.9. The average molecular weight is 358 g/mol. The molecule has 6 heteroatoms. The molecule has 0 N–H and O–H groups in total. The van der Waals surface area contributed by atoms with Gasteiger partial charge in [-0.2, -0.15) is 0 Å². The lowest BCUT2D eigenvalue weighted by Gasteiger charge is -2.11. The minimum atomic E-state index is 0.360. The van der Waals surface area contributed by atoms with Crippen molar-refractivity contribution in [1.82, 2.24) is 14.5 Å². The van der Waals surface area contributed by atoms with Crippen LogP contribution in [-0.2, 0) is 13.6 Å². The molecular weight excluding hydrogens is 337 g/mol. The Labute approximate surface area is 146 Å². The first-order chi connectivity index (χ1) is 10.3. The number of rotatable bonds is 5. The molecule has 0 saturated carbocycles. The molecule has 3 nitrogen and oxygen atoms in total. The van der Waals surface area contributed by atoms with Gasteiger partial charge in [-0.15, -0.1) is 0 Å².